The van der Waals surface area contributed by atoms with E-state index in [2.05, 4.69) is 22.5 Å². The number of aryl methyl sites for hydroxylation is 3. The minimum absolute atomic E-state index is 0.0260. The Balaban J connectivity index is 1.54. The molecule has 0 saturated carbocycles. The summed E-state index contributed by atoms with van der Waals surface area (Å²) in [5.41, 5.74) is 3.69. The molecule has 1 heterocycles. The maximum Gasteiger partial charge on any atom is 0.317 e. The Morgan fingerprint density at radius 3 is 3.04 bits per heavy atom. The summed E-state index contributed by atoms with van der Waals surface area (Å²) in [6, 6.07) is 8.23. The van der Waals surface area contributed by atoms with Crippen LogP contribution >= 0.6 is 0 Å². The number of hydrogen-bond donors (Lipinski definition) is 2. The fourth-order valence-corrected chi connectivity index (χ4v) is 3.56. The molecule has 1 atom stereocenters. The van der Waals surface area contributed by atoms with Gasteiger partial charge in [0.25, 0.3) is 0 Å². The van der Waals surface area contributed by atoms with Gasteiger partial charge in [-0.15, -0.1) is 0 Å². The Labute approximate surface area is 148 Å². The summed E-state index contributed by atoms with van der Waals surface area (Å²) < 4.78 is 1.79. The number of nitrogens with zero attached hydrogens (tertiary/aromatic N) is 3. The molecule has 1 aromatic heterocycles. The molecule has 2 aromatic rings. The maximum absolute atomic E-state index is 12.6. The van der Waals surface area contributed by atoms with Gasteiger partial charge in [0, 0.05) is 26.3 Å². The number of rotatable bonds is 7. The highest BCUT2D eigenvalue weighted by Crippen LogP contribution is 2.35. The first-order valence-electron chi connectivity index (χ1n) is 8.89. The summed E-state index contributed by atoms with van der Waals surface area (Å²) in [5, 5.41) is 16.5. The van der Waals surface area contributed by atoms with Gasteiger partial charge in [-0.2, -0.15) is 5.10 Å². The number of aliphatic hydroxyl groups excluding tert-OH is 1. The van der Waals surface area contributed by atoms with Gasteiger partial charge in [-0.25, -0.2) is 4.79 Å². The summed E-state index contributed by atoms with van der Waals surface area (Å²) in [6.45, 7) is 0.944. The molecule has 0 saturated heterocycles. The Bertz CT molecular complexity index is 713. The summed E-state index contributed by atoms with van der Waals surface area (Å²) in [5.74, 6) is 0. The molecule has 0 fully saturated rings. The van der Waals surface area contributed by atoms with E-state index in [4.69, 9.17) is 0 Å². The highest BCUT2D eigenvalue weighted by atomic mass is 16.3. The van der Waals surface area contributed by atoms with Crippen LogP contribution in [0.1, 0.15) is 35.6 Å². The van der Waals surface area contributed by atoms with Crippen molar-refractivity contribution in [3.8, 4) is 0 Å². The van der Waals surface area contributed by atoms with E-state index < -0.39 is 0 Å². The van der Waals surface area contributed by atoms with Crippen LogP contribution in [-0.4, -0.2) is 45.5 Å². The van der Waals surface area contributed by atoms with E-state index in [0.29, 0.717) is 13.1 Å². The lowest BCUT2D eigenvalue weighted by molar-refractivity contribution is 0.151. The Morgan fingerprint density at radius 2 is 2.28 bits per heavy atom. The zero-order valence-corrected chi connectivity index (χ0v) is 14.7. The average Bonchev–Trinajstić information content (AvgIpc) is 3.22. The van der Waals surface area contributed by atoms with Gasteiger partial charge in [-0.05, 0) is 42.4 Å². The van der Waals surface area contributed by atoms with Crippen molar-refractivity contribution in [1.29, 1.82) is 0 Å². The fourth-order valence-electron chi connectivity index (χ4n) is 3.56. The highest BCUT2D eigenvalue weighted by molar-refractivity contribution is 5.75. The fraction of sp³-hybridized carbons (Fsp3) is 0.474. The summed E-state index contributed by atoms with van der Waals surface area (Å²) in [4.78, 5) is 14.4. The minimum Gasteiger partial charge on any atom is -0.395 e. The van der Waals surface area contributed by atoms with E-state index in [-0.39, 0.29) is 18.7 Å². The minimum atomic E-state index is -0.0954. The third-order valence-corrected chi connectivity index (χ3v) is 4.76. The van der Waals surface area contributed by atoms with Crippen molar-refractivity contribution in [3.05, 3.63) is 53.3 Å². The monoisotopic (exact) mass is 342 g/mol. The van der Waals surface area contributed by atoms with Crippen LogP contribution in [0, 0.1) is 0 Å². The van der Waals surface area contributed by atoms with Crippen LogP contribution in [0.3, 0.4) is 0 Å². The van der Waals surface area contributed by atoms with Gasteiger partial charge >= 0.3 is 6.03 Å². The molecule has 2 N–H and O–H groups in total. The van der Waals surface area contributed by atoms with Crippen LogP contribution in [0.2, 0.25) is 0 Å². The summed E-state index contributed by atoms with van der Waals surface area (Å²) in [7, 11) is 1.90. The molecule has 0 aliphatic heterocycles. The number of fused-ring (bicyclic) bond motifs is 1. The largest absolute Gasteiger partial charge is 0.395 e. The first kappa shape index (κ1) is 17.5. The van der Waals surface area contributed by atoms with Crippen molar-refractivity contribution < 1.29 is 9.90 Å². The molecular weight excluding hydrogens is 316 g/mol. The smallest absolute Gasteiger partial charge is 0.317 e. The zero-order valence-electron chi connectivity index (χ0n) is 14.7. The van der Waals surface area contributed by atoms with Crippen LogP contribution in [0.15, 0.2) is 36.7 Å². The van der Waals surface area contributed by atoms with Gasteiger partial charge in [0.15, 0.2) is 0 Å². The molecule has 3 rings (SSSR count). The number of carbonyl (C=O) groups is 1. The predicted octanol–water partition coefficient (Wildman–Crippen LogP) is 2.04. The van der Waals surface area contributed by atoms with Crippen molar-refractivity contribution >= 4 is 6.03 Å². The van der Waals surface area contributed by atoms with Gasteiger partial charge < -0.3 is 15.3 Å². The van der Waals surface area contributed by atoms with Gasteiger partial charge in [0.2, 0.25) is 0 Å². The lowest BCUT2D eigenvalue weighted by Gasteiger charge is -2.29. The second-order valence-electron chi connectivity index (χ2n) is 6.53. The molecular formula is C19H26N4O2. The van der Waals surface area contributed by atoms with Crippen molar-refractivity contribution in [2.75, 3.05) is 19.7 Å². The number of carbonyl (C=O) groups excluding carboxylic acids is 1. The molecule has 2 amide bonds. The lowest BCUT2D eigenvalue weighted by atomic mass is 10.1. The molecule has 0 bridgehead atoms. The zero-order chi connectivity index (χ0) is 17.6. The van der Waals surface area contributed by atoms with Crippen LogP contribution in [0.5, 0.6) is 0 Å². The van der Waals surface area contributed by atoms with Gasteiger partial charge in [-0.1, -0.05) is 24.3 Å². The molecule has 25 heavy (non-hydrogen) atoms. The summed E-state index contributed by atoms with van der Waals surface area (Å²) >= 11 is 0. The Hall–Kier alpha value is -2.34. The third kappa shape index (κ3) is 4.20. The predicted molar refractivity (Wildman–Crippen MR) is 96.2 cm³/mol. The van der Waals surface area contributed by atoms with E-state index in [1.165, 1.54) is 16.7 Å². The number of amides is 2. The number of aromatic nitrogens is 2. The van der Waals surface area contributed by atoms with E-state index in [1.807, 2.05) is 31.6 Å². The SMILES string of the molecule is Cn1cc(CCCNC(=O)N(CCO)C2CCc3ccccc32)cn1. The van der Waals surface area contributed by atoms with E-state index in [9.17, 15) is 9.90 Å². The molecule has 1 unspecified atom stereocenters. The van der Waals surface area contributed by atoms with Crippen LogP contribution < -0.4 is 5.32 Å². The van der Waals surface area contributed by atoms with E-state index in [1.54, 1.807) is 9.58 Å². The number of benzene rings is 1. The maximum atomic E-state index is 12.6. The Morgan fingerprint density at radius 1 is 1.44 bits per heavy atom. The van der Waals surface area contributed by atoms with Gasteiger partial charge in [-0.3, -0.25) is 4.68 Å². The second kappa shape index (κ2) is 8.16. The molecule has 6 heteroatoms. The highest BCUT2D eigenvalue weighted by Gasteiger charge is 2.30. The first-order valence-corrected chi connectivity index (χ1v) is 8.89. The number of urea groups is 1. The normalized spacial score (nSPS) is 15.8. The van der Waals surface area contributed by atoms with Gasteiger partial charge in [0.05, 0.1) is 18.8 Å². The van der Waals surface area contributed by atoms with Crippen molar-refractivity contribution in [2.45, 2.75) is 31.7 Å². The van der Waals surface area contributed by atoms with E-state index >= 15 is 0 Å². The standard InChI is InChI=1S/C19H26N4O2/c1-22-14-15(13-21-22)5-4-10-20-19(25)23(11-12-24)18-9-8-16-6-2-3-7-17(16)18/h2-3,6-7,13-14,18,24H,4-5,8-12H2,1H3,(H,20,25). The number of nitrogens with one attached hydrogen (secondary N) is 1. The molecule has 0 radical (unpaired) electrons. The van der Waals surface area contributed by atoms with Gasteiger partial charge in [0.1, 0.15) is 0 Å². The third-order valence-electron chi connectivity index (χ3n) is 4.76. The van der Waals surface area contributed by atoms with Crippen molar-refractivity contribution in [2.24, 2.45) is 7.05 Å². The van der Waals surface area contributed by atoms with E-state index in [0.717, 1.165) is 25.7 Å². The molecule has 1 aromatic carbocycles. The first-order chi connectivity index (χ1) is 12.2. The van der Waals surface area contributed by atoms with Crippen molar-refractivity contribution in [1.82, 2.24) is 20.0 Å². The topological polar surface area (TPSA) is 70.4 Å². The lowest BCUT2D eigenvalue weighted by Crippen LogP contribution is -2.43. The van der Waals surface area contributed by atoms with Crippen molar-refractivity contribution in [3.63, 3.8) is 0 Å². The summed E-state index contributed by atoms with van der Waals surface area (Å²) in [6.07, 6.45) is 7.51. The Kier molecular flexibility index (Phi) is 5.71. The molecule has 1 aliphatic carbocycles. The molecule has 1 aliphatic rings. The molecule has 6 nitrogen and oxygen atoms in total. The quantitative estimate of drug-likeness (QED) is 0.757. The second-order valence-corrected chi connectivity index (χ2v) is 6.53. The molecule has 134 valence electrons. The van der Waals surface area contributed by atoms with Crippen LogP contribution in [0.4, 0.5) is 4.79 Å². The number of aliphatic hydroxyl groups is 1. The number of hydrogen-bond acceptors (Lipinski definition) is 3. The van der Waals surface area contributed by atoms with Crippen LogP contribution in [0.25, 0.3) is 0 Å². The average molecular weight is 342 g/mol. The van der Waals surface area contributed by atoms with Crippen LogP contribution in [-0.2, 0) is 19.9 Å². The molecule has 0 spiro atoms.